The summed E-state index contributed by atoms with van der Waals surface area (Å²) in [6.45, 7) is 2.07. The summed E-state index contributed by atoms with van der Waals surface area (Å²) in [5, 5.41) is 0. The predicted octanol–water partition coefficient (Wildman–Crippen LogP) is 3.64. The maximum Gasteiger partial charge on any atom is 0.123 e. The van der Waals surface area contributed by atoms with E-state index in [2.05, 4.69) is 25.1 Å². The highest BCUT2D eigenvalue weighted by Crippen LogP contribution is 2.27. The molecule has 0 radical (unpaired) electrons. The van der Waals surface area contributed by atoms with E-state index in [-0.39, 0.29) is 6.04 Å². The molecule has 2 aromatic carbocycles. The summed E-state index contributed by atoms with van der Waals surface area (Å²) in [6.07, 6.45) is 1.81. The topological polar surface area (TPSA) is 44.5 Å². The van der Waals surface area contributed by atoms with Crippen molar-refractivity contribution in [3.05, 3.63) is 59.2 Å². The van der Waals surface area contributed by atoms with Gasteiger partial charge in [-0.2, -0.15) is 0 Å². The summed E-state index contributed by atoms with van der Waals surface area (Å²) < 4.78 is 10.6. The van der Waals surface area contributed by atoms with Gasteiger partial charge in [-0.05, 0) is 43.5 Å². The minimum absolute atomic E-state index is 0.0260. The molecule has 0 saturated carbocycles. The van der Waals surface area contributed by atoms with Crippen molar-refractivity contribution in [1.82, 2.24) is 0 Å². The lowest BCUT2D eigenvalue weighted by Gasteiger charge is -2.16. The highest BCUT2D eigenvalue weighted by molar-refractivity contribution is 5.39. The number of hydrogen-bond acceptors (Lipinski definition) is 3. The summed E-state index contributed by atoms with van der Waals surface area (Å²) in [6, 6.07) is 14.2. The van der Waals surface area contributed by atoms with Gasteiger partial charge >= 0.3 is 0 Å². The van der Waals surface area contributed by atoms with Crippen LogP contribution in [0.25, 0.3) is 0 Å². The Morgan fingerprint density at radius 3 is 2.33 bits per heavy atom. The van der Waals surface area contributed by atoms with E-state index in [0.29, 0.717) is 0 Å². The van der Waals surface area contributed by atoms with Crippen LogP contribution in [0.5, 0.6) is 11.5 Å². The first-order chi connectivity index (χ1) is 10.1. The van der Waals surface area contributed by atoms with Crippen molar-refractivity contribution in [3.63, 3.8) is 0 Å². The highest BCUT2D eigenvalue weighted by Gasteiger charge is 2.12. The van der Waals surface area contributed by atoms with Crippen LogP contribution in [-0.2, 0) is 6.42 Å². The quantitative estimate of drug-likeness (QED) is 0.881. The van der Waals surface area contributed by atoms with Crippen LogP contribution in [0.2, 0.25) is 0 Å². The van der Waals surface area contributed by atoms with Crippen molar-refractivity contribution < 1.29 is 9.47 Å². The number of hydrogen-bond donors (Lipinski definition) is 1. The second-order valence-corrected chi connectivity index (χ2v) is 5.24. The van der Waals surface area contributed by atoms with Crippen LogP contribution in [0.3, 0.4) is 0 Å². The van der Waals surface area contributed by atoms with Crippen molar-refractivity contribution >= 4 is 0 Å². The first-order valence-corrected chi connectivity index (χ1v) is 7.17. The van der Waals surface area contributed by atoms with Crippen LogP contribution in [0.15, 0.2) is 42.5 Å². The standard InChI is InChI=1S/C18H23NO2/c1-13-4-11-18(21-3)16(12-13)17(19)10-7-14-5-8-15(20-2)9-6-14/h4-6,8-9,11-12,17H,7,10,19H2,1-3H3. The molecule has 0 amide bonds. The third-order valence-electron chi connectivity index (χ3n) is 3.69. The molecule has 0 bridgehead atoms. The molecular weight excluding hydrogens is 262 g/mol. The number of ether oxygens (including phenoxy) is 2. The molecule has 21 heavy (non-hydrogen) atoms. The zero-order chi connectivity index (χ0) is 15.2. The van der Waals surface area contributed by atoms with Crippen LogP contribution in [0.1, 0.15) is 29.2 Å². The van der Waals surface area contributed by atoms with Gasteiger partial charge in [-0.3, -0.25) is 0 Å². The van der Waals surface area contributed by atoms with Crippen molar-refractivity contribution in [3.8, 4) is 11.5 Å². The smallest absolute Gasteiger partial charge is 0.123 e. The normalized spacial score (nSPS) is 12.0. The third kappa shape index (κ3) is 3.99. The SMILES string of the molecule is COc1ccc(CCC(N)c2cc(C)ccc2OC)cc1. The third-order valence-corrected chi connectivity index (χ3v) is 3.69. The Morgan fingerprint density at radius 2 is 1.71 bits per heavy atom. The Morgan fingerprint density at radius 1 is 1.00 bits per heavy atom. The lowest BCUT2D eigenvalue weighted by atomic mass is 9.97. The molecule has 2 aromatic rings. The molecular formula is C18H23NO2. The van der Waals surface area contributed by atoms with Gasteiger partial charge in [0.05, 0.1) is 14.2 Å². The lowest BCUT2D eigenvalue weighted by Crippen LogP contribution is -2.13. The number of methoxy groups -OCH3 is 2. The molecule has 0 aromatic heterocycles. The molecule has 0 saturated heterocycles. The van der Waals surface area contributed by atoms with E-state index >= 15 is 0 Å². The molecule has 0 spiro atoms. The van der Waals surface area contributed by atoms with Crippen LogP contribution >= 0.6 is 0 Å². The summed E-state index contributed by atoms with van der Waals surface area (Å²) >= 11 is 0. The molecule has 2 N–H and O–H groups in total. The maximum atomic E-state index is 6.34. The Bertz CT molecular complexity index is 578. The maximum absolute atomic E-state index is 6.34. The number of nitrogens with two attached hydrogens (primary N) is 1. The number of aryl methyl sites for hydroxylation is 2. The minimum atomic E-state index is -0.0260. The molecule has 2 rings (SSSR count). The second-order valence-electron chi connectivity index (χ2n) is 5.24. The average Bonchev–Trinajstić information content (AvgIpc) is 2.53. The summed E-state index contributed by atoms with van der Waals surface area (Å²) in [7, 11) is 3.36. The molecule has 112 valence electrons. The van der Waals surface area contributed by atoms with E-state index in [0.717, 1.165) is 29.9 Å². The fraction of sp³-hybridized carbons (Fsp3) is 0.333. The summed E-state index contributed by atoms with van der Waals surface area (Å²) in [5.74, 6) is 1.74. The molecule has 3 nitrogen and oxygen atoms in total. The Balaban J connectivity index is 2.03. The van der Waals surface area contributed by atoms with Crippen molar-refractivity contribution in [2.75, 3.05) is 14.2 Å². The van der Waals surface area contributed by atoms with E-state index in [1.54, 1.807) is 14.2 Å². The number of benzene rings is 2. The minimum Gasteiger partial charge on any atom is -0.497 e. The number of rotatable bonds is 6. The Labute approximate surface area is 126 Å². The van der Waals surface area contributed by atoms with Crippen LogP contribution < -0.4 is 15.2 Å². The first-order valence-electron chi connectivity index (χ1n) is 7.17. The van der Waals surface area contributed by atoms with Gasteiger partial charge in [-0.15, -0.1) is 0 Å². The van der Waals surface area contributed by atoms with Gasteiger partial charge in [0.2, 0.25) is 0 Å². The van der Waals surface area contributed by atoms with Crippen LogP contribution in [0.4, 0.5) is 0 Å². The predicted molar refractivity (Wildman–Crippen MR) is 86.0 cm³/mol. The van der Waals surface area contributed by atoms with Gasteiger partial charge in [0, 0.05) is 11.6 Å². The molecule has 1 atom stereocenters. The van der Waals surface area contributed by atoms with E-state index < -0.39 is 0 Å². The summed E-state index contributed by atoms with van der Waals surface area (Å²) in [5.41, 5.74) is 9.88. The summed E-state index contributed by atoms with van der Waals surface area (Å²) in [4.78, 5) is 0. The van der Waals surface area contributed by atoms with Gasteiger partial charge in [-0.25, -0.2) is 0 Å². The van der Waals surface area contributed by atoms with Crippen molar-refractivity contribution in [2.45, 2.75) is 25.8 Å². The zero-order valence-electron chi connectivity index (χ0n) is 12.9. The first kappa shape index (κ1) is 15.4. The average molecular weight is 285 g/mol. The van der Waals surface area contributed by atoms with Gasteiger partial charge in [-0.1, -0.05) is 29.8 Å². The van der Waals surface area contributed by atoms with Gasteiger partial charge in [0.25, 0.3) is 0 Å². The largest absolute Gasteiger partial charge is 0.497 e. The van der Waals surface area contributed by atoms with Crippen LogP contribution in [0, 0.1) is 6.92 Å². The molecule has 0 aliphatic heterocycles. The van der Waals surface area contributed by atoms with Crippen LogP contribution in [-0.4, -0.2) is 14.2 Å². The highest BCUT2D eigenvalue weighted by atomic mass is 16.5. The molecule has 0 heterocycles. The second kappa shape index (κ2) is 7.14. The molecule has 3 heteroatoms. The molecule has 0 aliphatic carbocycles. The van der Waals surface area contributed by atoms with E-state index in [1.807, 2.05) is 24.3 Å². The fourth-order valence-electron chi connectivity index (χ4n) is 2.41. The molecule has 0 fully saturated rings. The van der Waals surface area contributed by atoms with Gasteiger partial charge in [0.1, 0.15) is 11.5 Å². The fourth-order valence-corrected chi connectivity index (χ4v) is 2.41. The monoisotopic (exact) mass is 285 g/mol. The van der Waals surface area contributed by atoms with E-state index in [4.69, 9.17) is 15.2 Å². The van der Waals surface area contributed by atoms with E-state index in [9.17, 15) is 0 Å². The van der Waals surface area contributed by atoms with Crippen molar-refractivity contribution in [1.29, 1.82) is 0 Å². The Hall–Kier alpha value is -2.00. The van der Waals surface area contributed by atoms with Gasteiger partial charge in [0.15, 0.2) is 0 Å². The van der Waals surface area contributed by atoms with Gasteiger partial charge < -0.3 is 15.2 Å². The Kier molecular flexibility index (Phi) is 5.23. The molecule has 0 aliphatic rings. The zero-order valence-corrected chi connectivity index (χ0v) is 12.9. The van der Waals surface area contributed by atoms with E-state index in [1.165, 1.54) is 11.1 Å². The lowest BCUT2D eigenvalue weighted by molar-refractivity contribution is 0.404. The van der Waals surface area contributed by atoms with Crippen molar-refractivity contribution in [2.24, 2.45) is 5.73 Å². The molecule has 1 unspecified atom stereocenters.